The van der Waals surface area contributed by atoms with Crippen LogP contribution in [0.2, 0.25) is 0 Å². The van der Waals surface area contributed by atoms with Gasteiger partial charge in [0.1, 0.15) is 11.8 Å². The number of urea groups is 1. The number of rotatable bonds is 6. The van der Waals surface area contributed by atoms with Gasteiger partial charge in [-0.25, -0.2) is 4.79 Å². The number of carbonyl (C=O) groups excluding carboxylic acids is 2. The molecule has 8 heteroatoms. The summed E-state index contributed by atoms with van der Waals surface area (Å²) in [5.41, 5.74) is 2.54. The number of carbonyl (C=O) groups is 2. The van der Waals surface area contributed by atoms with Crippen LogP contribution in [0, 0.1) is 5.92 Å². The summed E-state index contributed by atoms with van der Waals surface area (Å²) in [4.78, 5) is 40.8. The Hall–Kier alpha value is -4.07. The largest absolute Gasteiger partial charge is 0.497 e. The van der Waals surface area contributed by atoms with E-state index in [1.165, 1.54) is 0 Å². The van der Waals surface area contributed by atoms with Gasteiger partial charge in [-0.1, -0.05) is 42.5 Å². The summed E-state index contributed by atoms with van der Waals surface area (Å²) < 4.78 is 7.10. The number of benzene rings is 2. The molecule has 0 spiro atoms. The van der Waals surface area contributed by atoms with Crippen LogP contribution in [0.4, 0.5) is 10.5 Å². The van der Waals surface area contributed by atoms with E-state index in [1.54, 1.807) is 48.4 Å². The zero-order chi connectivity index (χ0) is 25.1. The van der Waals surface area contributed by atoms with E-state index < -0.39 is 6.04 Å². The molecule has 2 bridgehead atoms. The lowest BCUT2D eigenvalue weighted by Crippen LogP contribution is -2.55. The van der Waals surface area contributed by atoms with Crippen molar-refractivity contribution in [2.75, 3.05) is 25.5 Å². The maximum absolute atomic E-state index is 13.4. The van der Waals surface area contributed by atoms with Crippen molar-refractivity contribution >= 4 is 17.6 Å². The molecule has 2 unspecified atom stereocenters. The molecule has 0 saturated carbocycles. The molecule has 186 valence electrons. The fraction of sp³-hybridized carbons (Fsp3) is 0.321. The molecule has 3 amide bonds. The van der Waals surface area contributed by atoms with Crippen LogP contribution in [0.1, 0.15) is 23.6 Å². The van der Waals surface area contributed by atoms with Crippen molar-refractivity contribution < 1.29 is 14.3 Å². The number of nitrogens with zero attached hydrogens (tertiary/aromatic N) is 2. The molecule has 1 fully saturated rings. The zero-order valence-electron chi connectivity index (χ0n) is 20.2. The molecule has 3 heterocycles. The molecule has 5 rings (SSSR count). The molecule has 2 aliphatic heterocycles. The van der Waals surface area contributed by atoms with Crippen molar-refractivity contribution in [2.24, 2.45) is 5.92 Å². The van der Waals surface area contributed by atoms with E-state index in [4.69, 9.17) is 4.74 Å². The summed E-state index contributed by atoms with van der Waals surface area (Å²) in [5, 5.41) is 5.90. The number of methoxy groups -OCH3 is 1. The third-order valence-electron chi connectivity index (χ3n) is 7.00. The minimum atomic E-state index is -0.761. The van der Waals surface area contributed by atoms with Gasteiger partial charge in [-0.3, -0.25) is 9.59 Å². The number of piperidine rings is 1. The Balaban J connectivity index is 1.32. The van der Waals surface area contributed by atoms with Crippen LogP contribution in [-0.4, -0.2) is 47.6 Å². The summed E-state index contributed by atoms with van der Waals surface area (Å²) in [5.74, 6) is 0.654. The molecule has 8 nitrogen and oxygen atoms in total. The van der Waals surface area contributed by atoms with Gasteiger partial charge in [-0.15, -0.1) is 0 Å². The Kier molecular flexibility index (Phi) is 6.75. The van der Waals surface area contributed by atoms with Gasteiger partial charge in [0, 0.05) is 55.5 Å². The van der Waals surface area contributed by atoms with Gasteiger partial charge >= 0.3 is 6.03 Å². The summed E-state index contributed by atoms with van der Waals surface area (Å²) >= 11 is 0. The van der Waals surface area contributed by atoms with Crippen LogP contribution in [0.3, 0.4) is 0 Å². The molecule has 1 aromatic heterocycles. The number of hydrogen-bond acceptors (Lipinski definition) is 4. The lowest BCUT2D eigenvalue weighted by Gasteiger charge is -2.43. The topological polar surface area (TPSA) is 92.7 Å². The number of amides is 3. The number of pyridine rings is 1. The SMILES string of the molecule is COc1cccc(NC(=O)[C@H](Cc2ccccc2)NC(=O)N2CC3CC(C2)c2cccc(=O)n2C3)c1. The molecule has 2 aromatic carbocycles. The first kappa shape index (κ1) is 23.7. The van der Waals surface area contributed by atoms with Crippen molar-refractivity contribution in [3.8, 4) is 5.75 Å². The number of anilines is 1. The molecule has 3 atom stereocenters. The highest BCUT2D eigenvalue weighted by Gasteiger charge is 2.37. The highest BCUT2D eigenvalue weighted by Crippen LogP contribution is 2.35. The second kappa shape index (κ2) is 10.3. The van der Waals surface area contributed by atoms with Crippen LogP contribution in [0.5, 0.6) is 5.75 Å². The Morgan fingerprint density at radius 1 is 1.00 bits per heavy atom. The van der Waals surface area contributed by atoms with Crippen LogP contribution in [0.25, 0.3) is 0 Å². The number of nitrogens with one attached hydrogen (secondary N) is 2. The molecule has 1 saturated heterocycles. The molecule has 36 heavy (non-hydrogen) atoms. The molecule has 2 N–H and O–H groups in total. The monoisotopic (exact) mass is 486 g/mol. The highest BCUT2D eigenvalue weighted by atomic mass is 16.5. The Bertz CT molecular complexity index is 1310. The lowest BCUT2D eigenvalue weighted by molar-refractivity contribution is -0.118. The quantitative estimate of drug-likeness (QED) is 0.560. The van der Waals surface area contributed by atoms with Crippen LogP contribution in [0.15, 0.2) is 77.6 Å². The van der Waals surface area contributed by atoms with E-state index in [9.17, 15) is 14.4 Å². The molecule has 0 radical (unpaired) electrons. The van der Waals surface area contributed by atoms with Gasteiger partial charge < -0.3 is 24.8 Å². The van der Waals surface area contributed by atoms with E-state index in [0.29, 0.717) is 37.5 Å². The van der Waals surface area contributed by atoms with Crippen LogP contribution in [-0.2, 0) is 17.8 Å². The van der Waals surface area contributed by atoms with E-state index in [0.717, 1.165) is 17.7 Å². The number of aromatic nitrogens is 1. The standard InChI is InChI=1S/C28H30N4O4/c1-36-23-10-5-9-22(15-23)29-27(34)24(14-19-7-3-2-4-8-19)30-28(35)31-16-20-13-21(18-31)25-11-6-12-26(33)32(25)17-20/h2-12,15,20-21,24H,13-14,16-18H2,1H3,(H,29,34)(H,30,35)/t20?,21?,24-/m0/s1. The van der Waals surface area contributed by atoms with Gasteiger partial charge in [0.15, 0.2) is 0 Å². The first-order valence-corrected chi connectivity index (χ1v) is 12.2. The van der Waals surface area contributed by atoms with Crippen molar-refractivity contribution in [2.45, 2.75) is 31.3 Å². The van der Waals surface area contributed by atoms with Gasteiger partial charge in [-0.2, -0.15) is 0 Å². The predicted molar refractivity (Wildman–Crippen MR) is 137 cm³/mol. The first-order chi connectivity index (χ1) is 17.5. The lowest BCUT2D eigenvalue weighted by atomic mass is 9.83. The van der Waals surface area contributed by atoms with Crippen molar-refractivity contribution in [1.82, 2.24) is 14.8 Å². The number of likely N-dealkylation sites (tertiary alicyclic amines) is 1. The van der Waals surface area contributed by atoms with E-state index in [2.05, 4.69) is 10.6 Å². The smallest absolute Gasteiger partial charge is 0.318 e. The van der Waals surface area contributed by atoms with E-state index in [1.807, 2.05) is 41.0 Å². The summed E-state index contributed by atoms with van der Waals surface area (Å²) in [6, 6.07) is 21.1. The van der Waals surface area contributed by atoms with Gasteiger partial charge in [0.25, 0.3) is 5.56 Å². The third-order valence-corrected chi connectivity index (χ3v) is 7.00. The predicted octanol–water partition coefficient (Wildman–Crippen LogP) is 3.24. The first-order valence-electron chi connectivity index (χ1n) is 12.2. The second-order valence-electron chi connectivity index (χ2n) is 9.52. The second-order valence-corrected chi connectivity index (χ2v) is 9.52. The zero-order valence-corrected chi connectivity index (χ0v) is 20.2. The normalized spacial score (nSPS) is 19.1. The number of hydrogen-bond donors (Lipinski definition) is 2. The highest BCUT2D eigenvalue weighted by molar-refractivity contribution is 5.97. The molecule has 2 aliphatic rings. The maximum atomic E-state index is 13.4. The minimum Gasteiger partial charge on any atom is -0.497 e. The van der Waals surface area contributed by atoms with Gasteiger partial charge in [0.2, 0.25) is 5.91 Å². The Labute approximate surface area is 209 Å². The number of ether oxygens (including phenoxy) is 1. The Morgan fingerprint density at radius 3 is 2.61 bits per heavy atom. The van der Waals surface area contributed by atoms with Crippen LogP contribution >= 0.6 is 0 Å². The van der Waals surface area contributed by atoms with E-state index in [-0.39, 0.29) is 29.3 Å². The Morgan fingerprint density at radius 2 is 1.81 bits per heavy atom. The van der Waals surface area contributed by atoms with Crippen molar-refractivity contribution in [1.29, 1.82) is 0 Å². The molecular formula is C28H30N4O4. The fourth-order valence-corrected chi connectivity index (χ4v) is 5.29. The summed E-state index contributed by atoms with van der Waals surface area (Å²) in [6.07, 6.45) is 1.32. The minimum absolute atomic E-state index is 0.0113. The molecule has 3 aromatic rings. The molecule has 0 aliphatic carbocycles. The average molecular weight is 487 g/mol. The van der Waals surface area contributed by atoms with E-state index >= 15 is 0 Å². The van der Waals surface area contributed by atoms with Gasteiger partial charge in [-0.05, 0) is 36.1 Å². The van der Waals surface area contributed by atoms with Gasteiger partial charge in [0.05, 0.1) is 7.11 Å². The maximum Gasteiger partial charge on any atom is 0.318 e. The molecular weight excluding hydrogens is 456 g/mol. The van der Waals surface area contributed by atoms with Crippen molar-refractivity contribution in [3.05, 3.63) is 94.4 Å². The third kappa shape index (κ3) is 5.12. The summed E-state index contributed by atoms with van der Waals surface area (Å²) in [7, 11) is 1.57. The fourth-order valence-electron chi connectivity index (χ4n) is 5.29. The average Bonchev–Trinajstić information content (AvgIpc) is 2.89. The number of fused-ring (bicyclic) bond motifs is 4. The van der Waals surface area contributed by atoms with Crippen molar-refractivity contribution in [3.63, 3.8) is 0 Å². The van der Waals surface area contributed by atoms with Crippen LogP contribution < -0.4 is 20.9 Å². The summed E-state index contributed by atoms with van der Waals surface area (Å²) in [6.45, 7) is 1.68.